The number of nitrogens with one attached hydrogen (secondary N) is 1. The van der Waals surface area contributed by atoms with Gasteiger partial charge < -0.3 is 9.73 Å². The molecule has 0 spiro atoms. The number of aryl methyl sites for hydroxylation is 2. The predicted octanol–water partition coefficient (Wildman–Crippen LogP) is 4.73. The van der Waals surface area contributed by atoms with E-state index in [1.807, 2.05) is 62.4 Å². The third-order valence-corrected chi connectivity index (χ3v) is 4.88. The molecule has 1 heterocycles. The Balaban J connectivity index is 1.62. The summed E-state index contributed by atoms with van der Waals surface area (Å²) in [5.41, 5.74) is 4.01. The molecule has 1 amide bonds. The number of rotatable bonds is 6. The Bertz CT molecular complexity index is 890. The lowest BCUT2D eigenvalue weighted by Gasteiger charge is -2.10. The maximum absolute atomic E-state index is 12.4. The summed E-state index contributed by atoms with van der Waals surface area (Å²) in [6.07, 6.45) is 0.973. The summed E-state index contributed by atoms with van der Waals surface area (Å²) in [4.78, 5) is 12.4. The third kappa shape index (κ3) is 4.52. The van der Waals surface area contributed by atoms with Gasteiger partial charge in [-0.15, -0.1) is 10.2 Å². The Labute approximate surface area is 157 Å². The van der Waals surface area contributed by atoms with Crippen molar-refractivity contribution >= 4 is 23.4 Å². The molecule has 0 saturated carbocycles. The first-order valence-corrected chi connectivity index (χ1v) is 9.40. The number of carbonyl (C=O) groups excluding carboxylic acids is 1. The van der Waals surface area contributed by atoms with Gasteiger partial charge in [0.1, 0.15) is 0 Å². The van der Waals surface area contributed by atoms with Crippen LogP contribution in [0.1, 0.15) is 25.0 Å². The van der Waals surface area contributed by atoms with Crippen LogP contribution in [0, 0.1) is 6.92 Å². The van der Waals surface area contributed by atoms with Gasteiger partial charge in [-0.25, -0.2) is 0 Å². The second-order valence-corrected chi connectivity index (χ2v) is 7.33. The number of aromatic nitrogens is 2. The first kappa shape index (κ1) is 18.2. The molecule has 6 heteroatoms. The smallest absolute Gasteiger partial charge is 0.277 e. The minimum absolute atomic E-state index is 0.102. The van der Waals surface area contributed by atoms with E-state index in [4.69, 9.17) is 4.42 Å². The Hall–Kier alpha value is -2.60. The first-order chi connectivity index (χ1) is 12.5. The van der Waals surface area contributed by atoms with Gasteiger partial charge >= 0.3 is 0 Å². The molecule has 2 aromatic carbocycles. The van der Waals surface area contributed by atoms with Gasteiger partial charge in [-0.05, 0) is 50.1 Å². The predicted molar refractivity (Wildman–Crippen MR) is 104 cm³/mol. The van der Waals surface area contributed by atoms with E-state index >= 15 is 0 Å². The van der Waals surface area contributed by atoms with Crippen molar-refractivity contribution in [3.63, 3.8) is 0 Å². The molecule has 0 aliphatic rings. The van der Waals surface area contributed by atoms with Gasteiger partial charge in [-0.2, -0.15) is 0 Å². The molecule has 3 rings (SSSR count). The minimum Gasteiger partial charge on any atom is -0.411 e. The van der Waals surface area contributed by atoms with Crippen molar-refractivity contribution in [2.75, 3.05) is 5.32 Å². The SMILES string of the molecule is CCc1ccc(NC(=O)[C@H](C)Sc2nnc(-c3cccc(C)c3)o2)cc1. The summed E-state index contributed by atoms with van der Waals surface area (Å²) < 4.78 is 5.69. The third-order valence-electron chi connectivity index (χ3n) is 3.95. The van der Waals surface area contributed by atoms with Crippen LogP contribution in [0.3, 0.4) is 0 Å². The molecule has 26 heavy (non-hydrogen) atoms. The fourth-order valence-electron chi connectivity index (χ4n) is 2.42. The number of nitrogens with zero attached hydrogens (tertiary/aromatic N) is 2. The van der Waals surface area contributed by atoms with E-state index in [0.717, 1.165) is 23.2 Å². The average molecular weight is 367 g/mol. The van der Waals surface area contributed by atoms with Crippen LogP contribution in [-0.4, -0.2) is 21.4 Å². The van der Waals surface area contributed by atoms with Gasteiger partial charge in [0, 0.05) is 11.3 Å². The zero-order chi connectivity index (χ0) is 18.5. The van der Waals surface area contributed by atoms with Crippen LogP contribution in [0.4, 0.5) is 5.69 Å². The molecule has 134 valence electrons. The van der Waals surface area contributed by atoms with Crippen molar-refractivity contribution in [2.45, 2.75) is 37.7 Å². The number of hydrogen-bond acceptors (Lipinski definition) is 5. The summed E-state index contributed by atoms with van der Waals surface area (Å²) in [6, 6.07) is 15.7. The average Bonchev–Trinajstić information content (AvgIpc) is 3.11. The number of anilines is 1. The molecular formula is C20H21N3O2S. The molecule has 1 atom stereocenters. The maximum atomic E-state index is 12.4. The lowest BCUT2D eigenvalue weighted by Crippen LogP contribution is -2.22. The van der Waals surface area contributed by atoms with E-state index < -0.39 is 0 Å². The lowest BCUT2D eigenvalue weighted by atomic mass is 10.1. The number of hydrogen-bond donors (Lipinski definition) is 1. The van der Waals surface area contributed by atoms with Crippen molar-refractivity contribution in [2.24, 2.45) is 0 Å². The number of amides is 1. The van der Waals surface area contributed by atoms with E-state index in [2.05, 4.69) is 22.4 Å². The quantitative estimate of drug-likeness (QED) is 0.638. The molecule has 1 N–H and O–H groups in total. The van der Waals surface area contributed by atoms with E-state index in [1.165, 1.54) is 17.3 Å². The Morgan fingerprint density at radius 1 is 1.19 bits per heavy atom. The van der Waals surface area contributed by atoms with Crippen LogP contribution < -0.4 is 5.32 Å². The molecule has 0 unspecified atom stereocenters. The Kier molecular flexibility index (Phi) is 5.73. The fourth-order valence-corrected chi connectivity index (χ4v) is 3.11. The lowest BCUT2D eigenvalue weighted by molar-refractivity contribution is -0.115. The normalized spacial score (nSPS) is 12.0. The van der Waals surface area contributed by atoms with Crippen molar-refractivity contribution < 1.29 is 9.21 Å². The molecule has 1 aromatic heterocycles. The highest BCUT2D eigenvalue weighted by Crippen LogP contribution is 2.27. The summed E-state index contributed by atoms with van der Waals surface area (Å²) in [6.45, 7) is 5.92. The van der Waals surface area contributed by atoms with Crippen molar-refractivity contribution in [1.29, 1.82) is 0 Å². The van der Waals surface area contributed by atoms with Gasteiger partial charge in [0.25, 0.3) is 5.22 Å². The highest BCUT2D eigenvalue weighted by molar-refractivity contribution is 8.00. The van der Waals surface area contributed by atoms with E-state index in [-0.39, 0.29) is 11.2 Å². The van der Waals surface area contributed by atoms with Crippen LogP contribution in [0.2, 0.25) is 0 Å². The molecule has 0 aliphatic carbocycles. The maximum Gasteiger partial charge on any atom is 0.277 e. The largest absolute Gasteiger partial charge is 0.411 e. The topological polar surface area (TPSA) is 68.0 Å². The van der Waals surface area contributed by atoms with Gasteiger partial charge in [-0.1, -0.05) is 48.5 Å². The minimum atomic E-state index is -0.355. The van der Waals surface area contributed by atoms with Crippen molar-refractivity contribution in [3.8, 4) is 11.5 Å². The number of benzene rings is 2. The second-order valence-electron chi connectivity index (χ2n) is 6.04. The van der Waals surface area contributed by atoms with E-state index in [1.54, 1.807) is 0 Å². The standard InChI is InChI=1S/C20H21N3O2S/c1-4-15-8-10-17(11-9-15)21-18(24)14(3)26-20-23-22-19(25-20)16-7-5-6-13(2)12-16/h5-12,14H,4H2,1-3H3,(H,21,24)/t14-/m0/s1. The van der Waals surface area contributed by atoms with Crippen LogP contribution in [0.15, 0.2) is 58.2 Å². The fraction of sp³-hybridized carbons (Fsp3) is 0.250. The first-order valence-electron chi connectivity index (χ1n) is 8.52. The van der Waals surface area contributed by atoms with E-state index in [9.17, 15) is 4.79 Å². The summed E-state index contributed by atoms with van der Waals surface area (Å²) >= 11 is 1.25. The van der Waals surface area contributed by atoms with Gasteiger partial charge in [0.05, 0.1) is 5.25 Å². The van der Waals surface area contributed by atoms with Crippen LogP contribution in [-0.2, 0) is 11.2 Å². The van der Waals surface area contributed by atoms with Crippen molar-refractivity contribution in [3.05, 3.63) is 59.7 Å². The van der Waals surface area contributed by atoms with E-state index in [0.29, 0.717) is 11.1 Å². The highest BCUT2D eigenvalue weighted by Gasteiger charge is 2.19. The van der Waals surface area contributed by atoms with Gasteiger partial charge in [-0.3, -0.25) is 4.79 Å². The molecule has 3 aromatic rings. The van der Waals surface area contributed by atoms with Crippen LogP contribution in [0.5, 0.6) is 0 Å². The molecule has 5 nitrogen and oxygen atoms in total. The van der Waals surface area contributed by atoms with Gasteiger partial charge in [0.2, 0.25) is 11.8 Å². The van der Waals surface area contributed by atoms with Crippen molar-refractivity contribution in [1.82, 2.24) is 10.2 Å². The molecular weight excluding hydrogens is 346 g/mol. The highest BCUT2D eigenvalue weighted by atomic mass is 32.2. The molecule has 0 radical (unpaired) electrons. The monoisotopic (exact) mass is 367 g/mol. The summed E-state index contributed by atoms with van der Waals surface area (Å²) in [7, 11) is 0. The van der Waals surface area contributed by atoms with Crippen LogP contribution in [0.25, 0.3) is 11.5 Å². The zero-order valence-corrected chi connectivity index (χ0v) is 15.8. The zero-order valence-electron chi connectivity index (χ0n) is 15.0. The molecule has 0 aliphatic heterocycles. The number of thioether (sulfide) groups is 1. The molecule has 0 bridgehead atoms. The van der Waals surface area contributed by atoms with Crippen LogP contribution >= 0.6 is 11.8 Å². The van der Waals surface area contributed by atoms with Gasteiger partial charge in [0.15, 0.2) is 0 Å². The molecule has 0 fully saturated rings. The second kappa shape index (κ2) is 8.19. The molecule has 0 saturated heterocycles. The Morgan fingerprint density at radius 2 is 1.96 bits per heavy atom. The summed E-state index contributed by atoms with van der Waals surface area (Å²) in [5, 5.41) is 11.0. The summed E-state index contributed by atoms with van der Waals surface area (Å²) in [5.74, 6) is 0.355. The number of carbonyl (C=O) groups is 1. The Morgan fingerprint density at radius 3 is 2.65 bits per heavy atom.